The molecule has 1 aromatic carbocycles. The van der Waals surface area contributed by atoms with Gasteiger partial charge in [-0.25, -0.2) is 0 Å². The summed E-state index contributed by atoms with van der Waals surface area (Å²) in [7, 11) is 0. The topological polar surface area (TPSA) is 55.6 Å². The van der Waals surface area contributed by atoms with Gasteiger partial charge >= 0.3 is 0 Å². The quantitative estimate of drug-likeness (QED) is 0.842. The maximum atomic E-state index is 12.4. The van der Waals surface area contributed by atoms with Crippen molar-refractivity contribution in [3.63, 3.8) is 0 Å². The molecule has 4 heteroatoms. The number of anilines is 1. The van der Waals surface area contributed by atoms with Gasteiger partial charge in [0.25, 0.3) is 5.91 Å². The molecule has 0 aromatic heterocycles. The van der Waals surface area contributed by atoms with E-state index < -0.39 is 0 Å². The van der Waals surface area contributed by atoms with Crippen LogP contribution in [0.25, 0.3) is 0 Å². The number of benzene rings is 1. The molecule has 1 saturated carbocycles. The average molecular weight is 274 g/mol. The maximum absolute atomic E-state index is 12.4. The van der Waals surface area contributed by atoms with Crippen LogP contribution in [0.5, 0.6) is 5.75 Å². The van der Waals surface area contributed by atoms with Crippen molar-refractivity contribution in [2.24, 2.45) is 11.7 Å². The van der Waals surface area contributed by atoms with Crippen LogP contribution in [0.4, 0.5) is 5.69 Å². The van der Waals surface area contributed by atoms with Gasteiger partial charge in [-0.1, -0.05) is 31.4 Å². The summed E-state index contributed by atoms with van der Waals surface area (Å²) in [4.78, 5) is 14.4. The number of nitrogens with zero attached hydrogens (tertiary/aromatic N) is 1. The minimum atomic E-state index is 0.0639. The van der Waals surface area contributed by atoms with Gasteiger partial charge in [-0.05, 0) is 37.4 Å². The predicted octanol–water partition coefficient (Wildman–Crippen LogP) is 2.32. The second-order valence-electron chi connectivity index (χ2n) is 5.72. The largest absolute Gasteiger partial charge is 0.482 e. The number of amides is 1. The van der Waals surface area contributed by atoms with E-state index in [4.69, 9.17) is 10.5 Å². The lowest BCUT2D eigenvalue weighted by Crippen LogP contribution is -2.50. The van der Waals surface area contributed by atoms with Gasteiger partial charge in [0.05, 0.1) is 5.69 Å². The summed E-state index contributed by atoms with van der Waals surface area (Å²) >= 11 is 0. The number of rotatable bonds is 2. The average Bonchev–Trinajstić information content (AvgIpc) is 2.72. The zero-order valence-corrected chi connectivity index (χ0v) is 11.8. The second kappa shape index (κ2) is 5.83. The Morgan fingerprint density at radius 1 is 1.20 bits per heavy atom. The summed E-state index contributed by atoms with van der Waals surface area (Å²) in [6.07, 6.45) is 5.80. The van der Waals surface area contributed by atoms with Crippen LogP contribution in [0, 0.1) is 5.92 Å². The van der Waals surface area contributed by atoms with Crippen molar-refractivity contribution >= 4 is 11.6 Å². The van der Waals surface area contributed by atoms with Crippen LogP contribution in [-0.4, -0.2) is 25.1 Å². The van der Waals surface area contributed by atoms with E-state index in [0.29, 0.717) is 12.5 Å². The number of fused-ring (bicyclic) bond motifs is 1. The monoisotopic (exact) mass is 274 g/mol. The van der Waals surface area contributed by atoms with Crippen LogP contribution in [0.3, 0.4) is 0 Å². The normalized spacial score (nSPS) is 26.6. The van der Waals surface area contributed by atoms with Gasteiger partial charge < -0.3 is 15.4 Å². The third kappa shape index (κ3) is 2.40. The van der Waals surface area contributed by atoms with E-state index in [9.17, 15) is 4.79 Å². The Morgan fingerprint density at radius 3 is 2.85 bits per heavy atom. The summed E-state index contributed by atoms with van der Waals surface area (Å²) in [5.74, 6) is 1.27. The van der Waals surface area contributed by atoms with E-state index >= 15 is 0 Å². The molecule has 2 aliphatic rings. The predicted molar refractivity (Wildman–Crippen MR) is 78.8 cm³/mol. The zero-order chi connectivity index (χ0) is 13.9. The van der Waals surface area contributed by atoms with E-state index in [1.807, 2.05) is 29.2 Å². The Hall–Kier alpha value is -1.55. The molecule has 0 bridgehead atoms. The van der Waals surface area contributed by atoms with Gasteiger partial charge in [0.2, 0.25) is 0 Å². The van der Waals surface area contributed by atoms with Gasteiger partial charge in [-0.15, -0.1) is 0 Å². The lowest BCUT2D eigenvalue weighted by Gasteiger charge is -2.39. The van der Waals surface area contributed by atoms with Crippen molar-refractivity contribution in [3.8, 4) is 5.75 Å². The molecule has 1 aliphatic carbocycles. The molecule has 0 radical (unpaired) electrons. The molecule has 1 aliphatic heterocycles. The van der Waals surface area contributed by atoms with Crippen LogP contribution in [0.15, 0.2) is 24.3 Å². The van der Waals surface area contributed by atoms with E-state index in [2.05, 4.69) is 0 Å². The molecular formula is C16H22N2O2. The molecule has 4 nitrogen and oxygen atoms in total. The Labute approximate surface area is 119 Å². The lowest BCUT2D eigenvalue weighted by atomic mass is 9.92. The van der Waals surface area contributed by atoms with Gasteiger partial charge in [0.15, 0.2) is 6.61 Å². The highest BCUT2D eigenvalue weighted by Gasteiger charge is 2.35. The Bertz CT molecular complexity index is 489. The molecule has 3 rings (SSSR count). The van der Waals surface area contributed by atoms with Crippen molar-refractivity contribution in [1.29, 1.82) is 0 Å². The fourth-order valence-electron chi connectivity index (χ4n) is 3.46. The smallest absolute Gasteiger partial charge is 0.265 e. The number of hydrogen-bond donors (Lipinski definition) is 1. The Kier molecular flexibility index (Phi) is 3.92. The molecule has 20 heavy (non-hydrogen) atoms. The molecule has 1 amide bonds. The van der Waals surface area contributed by atoms with E-state index in [-0.39, 0.29) is 18.6 Å². The van der Waals surface area contributed by atoms with Gasteiger partial charge in [0, 0.05) is 6.04 Å². The van der Waals surface area contributed by atoms with Gasteiger partial charge in [-0.3, -0.25) is 4.79 Å². The fraction of sp³-hybridized carbons (Fsp3) is 0.562. The molecule has 1 fully saturated rings. The molecule has 1 aromatic rings. The second-order valence-corrected chi connectivity index (χ2v) is 5.72. The summed E-state index contributed by atoms with van der Waals surface area (Å²) in [6, 6.07) is 8.04. The number of nitrogens with two attached hydrogens (primary N) is 1. The van der Waals surface area contributed by atoms with Crippen molar-refractivity contribution < 1.29 is 9.53 Å². The van der Waals surface area contributed by atoms with E-state index in [1.54, 1.807) is 0 Å². The molecule has 1 heterocycles. The molecule has 0 spiro atoms. The highest BCUT2D eigenvalue weighted by Crippen LogP contribution is 2.37. The van der Waals surface area contributed by atoms with Crippen LogP contribution >= 0.6 is 0 Å². The summed E-state index contributed by atoms with van der Waals surface area (Å²) in [5, 5.41) is 0. The number of carbonyl (C=O) groups is 1. The SMILES string of the molecule is NCC1CCCCCC1N1C(=O)COc2ccccc21. The van der Waals surface area contributed by atoms with Crippen molar-refractivity contribution in [3.05, 3.63) is 24.3 Å². The molecule has 0 saturated heterocycles. The van der Waals surface area contributed by atoms with Crippen LogP contribution in [0.1, 0.15) is 32.1 Å². The van der Waals surface area contributed by atoms with Gasteiger partial charge in [-0.2, -0.15) is 0 Å². The first kappa shape index (κ1) is 13.4. The third-order valence-electron chi connectivity index (χ3n) is 4.50. The summed E-state index contributed by atoms with van der Waals surface area (Å²) in [5.41, 5.74) is 6.88. The standard InChI is InChI=1S/C16H22N2O2/c17-10-12-6-2-1-3-7-13(12)18-14-8-4-5-9-15(14)20-11-16(18)19/h4-5,8-9,12-13H,1-3,6-7,10-11,17H2. The highest BCUT2D eigenvalue weighted by atomic mass is 16.5. The molecule has 2 N–H and O–H groups in total. The number of ether oxygens (including phenoxy) is 1. The molecule has 2 unspecified atom stereocenters. The minimum absolute atomic E-state index is 0.0639. The first-order valence-electron chi connectivity index (χ1n) is 7.55. The Balaban J connectivity index is 1.96. The van der Waals surface area contributed by atoms with Crippen LogP contribution < -0.4 is 15.4 Å². The highest BCUT2D eigenvalue weighted by molar-refractivity contribution is 5.98. The molecule has 2 atom stereocenters. The third-order valence-corrected chi connectivity index (χ3v) is 4.50. The van der Waals surface area contributed by atoms with E-state index in [1.165, 1.54) is 19.3 Å². The number of para-hydroxylation sites is 2. The minimum Gasteiger partial charge on any atom is -0.482 e. The van der Waals surface area contributed by atoms with Crippen LogP contribution in [-0.2, 0) is 4.79 Å². The zero-order valence-electron chi connectivity index (χ0n) is 11.8. The summed E-state index contributed by atoms with van der Waals surface area (Å²) in [6.45, 7) is 0.794. The van der Waals surface area contributed by atoms with Crippen molar-refractivity contribution in [1.82, 2.24) is 0 Å². The molecule has 108 valence electrons. The fourth-order valence-corrected chi connectivity index (χ4v) is 3.46. The first-order valence-corrected chi connectivity index (χ1v) is 7.55. The van der Waals surface area contributed by atoms with Gasteiger partial charge in [0.1, 0.15) is 5.75 Å². The van der Waals surface area contributed by atoms with E-state index in [0.717, 1.165) is 24.3 Å². The van der Waals surface area contributed by atoms with Crippen molar-refractivity contribution in [2.75, 3.05) is 18.1 Å². The van der Waals surface area contributed by atoms with Crippen LogP contribution in [0.2, 0.25) is 0 Å². The first-order chi connectivity index (χ1) is 9.81. The molecular weight excluding hydrogens is 252 g/mol. The maximum Gasteiger partial charge on any atom is 0.265 e. The number of carbonyl (C=O) groups excluding carboxylic acids is 1. The number of hydrogen-bond acceptors (Lipinski definition) is 3. The summed E-state index contributed by atoms with van der Waals surface area (Å²) < 4.78 is 5.53. The lowest BCUT2D eigenvalue weighted by molar-refractivity contribution is -0.122. The van der Waals surface area contributed by atoms with Crippen molar-refractivity contribution in [2.45, 2.75) is 38.1 Å². The Morgan fingerprint density at radius 2 is 2.00 bits per heavy atom.